The lowest BCUT2D eigenvalue weighted by molar-refractivity contribution is -0.138. The topological polar surface area (TPSA) is 147 Å². The van der Waals surface area contributed by atoms with E-state index in [4.69, 9.17) is 5.73 Å². The number of nitrogens with two attached hydrogens (primary N) is 1. The van der Waals surface area contributed by atoms with Crippen LogP contribution in [0, 0.1) is 0 Å². The highest BCUT2D eigenvalue weighted by Crippen LogP contribution is 2.08. The van der Waals surface area contributed by atoms with Crippen LogP contribution >= 0.6 is 0 Å². The molecule has 34 heavy (non-hydrogen) atoms. The van der Waals surface area contributed by atoms with E-state index < -0.39 is 0 Å². The van der Waals surface area contributed by atoms with Crippen molar-refractivity contribution in [2.24, 2.45) is 5.73 Å². The quantitative estimate of drug-likeness (QED) is 0.207. The van der Waals surface area contributed by atoms with Gasteiger partial charge in [0, 0.05) is 56.8 Å². The van der Waals surface area contributed by atoms with Crippen LogP contribution in [-0.2, 0) is 28.8 Å². The van der Waals surface area contributed by atoms with Crippen molar-refractivity contribution >= 4 is 35.4 Å². The monoisotopic (exact) mass is 474 g/mol. The molecule has 0 aliphatic carbocycles. The second-order valence-electron chi connectivity index (χ2n) is 7.84. The molecule has 0 saturated heterocycles. The Kier molecular flexibility index (Phi) is 13.5. The molecule has 0 fully saturated rings. The van der Waals surface area contributed by atoms with E-state index in [1.165, 1.54) is 34.1 Å². The fourth-order valence-electron chi connectivity index (χ4n) is 3.18. The van der Waals surface area contributed by atoms with E-state index in [2.05, 4.69) is 11.9 Å². The van der Waals surface area contributed by atoms with Crippen LogP contribution in [0.25, 0.3) is 0 Å². The summed E-state index contributed by atoms with van der Waals surface area (Å²) in [4.78, 5) is 68.9. The molecule has 0 saturated carbocycles. The molecule has 2 heterocycles. The van der Waals surface area contributed by atoms with Gasteiger partial charge in [-0.2, -0.15) is 0 Å². The van der Waals surface area contributed by atoms with Crippen molar-refractivity contribution < 1.29 is 28.8 Å². The zero-order valence-corrected chi connectivity index (χ0v) is 19.5. The van der Waals surface area contributed by atoms with Crippen LogP contribution in [0.4, 0.5) is 0 Å². The smallest absolute Gasteiger partial charge is 0.253 e. The average Bonchev–Trinajstić information content (AvgIpc) is 3.28. The van der Waals surface area contributed by atoms with Gasteiger partial charge in [0.1, 0.15) is 0 Å². The largest absolute Gasteiger partial charge is 0.370 e. The minimum atomic E-state index is -0.315. The van der Waals surface area contributed by atoms with E-state index in [1.54, 1.807) is 6.08 Å². The number of nitrogens with one attached hydrogen (secondary N) is 1. The Balaban J connectivity index is 0.000000350. The molecule has 2 aliphatic heterocycles. The third kappa shape index (κ3) is 11.3. The number of primary amides is 1. The zero-order valence-electron chi connectivity index (χ0n) is 19.5. The summed E-state index contributed by atoms with van der Waals surface area (Å²) in [7, 11) is 0. The number of carbonyl (C=O) groups excluding carboxylic acids is 6. The van der Waals surface area contributed by atoms with Gasteiger partial charge in [-0.05, 0) is 32.1 Å². The van der Waals surface area contributed by atoms with Crippen LogP contribution in [0.15, 0.2) is 37.0 Å². The normalized spacial score (nSPS) is 14.5. The second kappa shape index (κ2) is 16.1. The van der Waals surface area contributed by atoms with Gasteiger partial charge in [-0.1, -0.05) is 18.9 Å². The summed E-state index contributed by atoms with van der Waals surface area (Å²) in [6.45, 7) is 5.06. The van der Waals surface area contributed by atoms with E-state index in [0.29, 0.717) is 45.3 Å². The molecule has 0 unspecified atom stereocenters. The molecular weight excluding hydrogens is 440 g/mol. The Morgan fingerprint density at radius 1 is 0.765 bits per heavy atom. The van der Waals surface area contributed by atoms with Crippen LogP contribution in [0.5, 0.6) is 0 Å². The second-order valence-corrected chi connectivity index (χ2v) is 7.84. The van der Waals surface area contributed by atoms with E-state index in [-0.39, 0.29) is 35.4 Å². The molecule has 186 valence electrons. The predicted molar refractivity (Wildman–Crippen MR) is 126 cm³/mol. The van der Waals surface area contributed by atoms with E-state index >= 15 is 0 Å². The summed E-state index contributed by atoms with van der Waals surface area (Å²) in [6.07, 6.45) is 13.0. The maximum Gasteiger partial charge on any atom is 0.253 e. The minimum Gasteiger partial charge on any atom is -0.370 e. The molecule has 0 atom stereocenters. The number of hydrogen-bond acceptors (Lipinski definition) is 6. The van der Waals surface area contributed by atoms with Gasteiger partial charge in [-0.15, -0.1) is 6.58 Å². The van der Waals surface area contributed by atoms with Crippen LogP contribution in [-0.4, -0.2) is 64.9 Å². The Bertz CT molecular complexity index is 797. The molecule has 0 spiro atoms. The van der Waals surface area contributed by atoms with Gasteiger partial charge in [-0.25, -0.2) is 0 Å². The average molecular weight is 475 g/mol. The molecule has 0 radical (unpaired) electrons. The molecule has 2 aliphatic rings. The number of unbranched alkanes of at least 4 members (excludes halogenated alkanes) is 4. The van der Waals surface area contributed by atoms with E-state index in [0.717, 1.165) is 32.1 Å². The minimum absolute atomic E-state index is 0.0387. The van der Waals surface area contributed by atoms with Crippen molar-refractivity contribution in [1.82, 2.24) is 15.1 Å². The Labute approximate surface area is 199 Å². The highest BCUT2D eigenvalue weighted by molar-refractivity contribution is 6.13. The van der Waals surface area contributed by atoms with Gasteiger partial charge in [0.15, 0.2) is 0 Å². The van der Waals surface area contributed by atoms with Crippen LogP contribution in [0.1, 0.15) is 57.8 Å². The van der Waals surface area contributed by atoms with Gasteiger partial charge in [0.25, 0.3) is 23.6 Å². The molecule has 0 aromatic heterocycles. The number of carbonyl (C=O) groups is 6. The molecule has 0 aromatic rings. The van der Waals surface area contributed by atoms with Gasteiger partial charge < -0.3 is 11.1 Å². The Hall–Kier alpha value is -3.56. The number of rotatable bonds is 15. The maximum atomic E-state index is 11.4. The fraction of sp³-hybridized carbons (Fsp3) is 0.500. The SMILES string of the molecule is C=CCCNC(=O)CCCCCN1C(=O)C=CC1=O.NC(=O)CCCCCN1C(=O)C=CC1=O. The molecular formula is C24H34N4O6. The van der Waals surface area contributed by atoms with Gasteiger partial charge in [0.05, 0.1) is 0 Å². The zero-order chi connectivity index (χ0) is 25.3. The lowest BCUT2D eigenvalue weighted by Crippen LogP contribution is -2.30. The molecule has 10 heteroatoms. The summed E-state index contributed by atoms with van der Waals surface area (Å²) in [5, 5.41) is 2.79. The van der Waals surface area contributed by atoms with Crippen molar-refractivity contribution in [3.05, 3.63) is 37.0 Å². The number of nitrogens with zero attached hydrogens (tertiary/aromatic N) is 2. The first-order chi connectivity index (χ1) is 16.3. The summed E-state index contributed by atoms with van der Waals surface area (Å²) >= 11 is 0. The van der Waals surface area contributed by atoms with Gasteiger partial charge in [-0.3, -0.25) is 38.6 Å². The number of amides is 6. The summed E-state index contributed by atoms with van der Waals surface area (Å²) in [5.74, 6) is -1.27. The maximum absolute atomic E-state index is 11.4. The molecule has 0 aromatic carbocycles. The number of hydrogen-bond donors (Lipinski definition) is 2. The number of imide groups is 2. The van der Waals surface area contributed by atoms with E-state index in [9.17, 15) is 28.8 Å². The molecule has 2 rings (SSSR count). The lowest BCUT2D eigenvalue weighted by atomic mass is 10.2. The fourth-order valence-corrected chi connectivity index (χ4v) is 3.18. The highest BCUT2D eigenvalue weighted by Gasteiger charge is 2.22. The van der Waals surface area contributed by atoms with Crippen molar-refractivity contribution in [2.75, 3.05) is 19.6 Å². The highest BCUT2D eigenvalue weighted by atomic mass is 16.2. The third-order valence-electron chi connectivity index (χ3n) is 5.06. The molecule has 3 N–H and O–H groups in total. The van der Waals surface area contributed by atoms with Gasteiger partial charge in [0.2, 0.25) is 11.8 Å². The van der Waals surface area contributed by atoms with Gasteiger partial charge >= 0.3 is 0 Å². The molecule has 0 bridgehead atoms. The summed E-state index contributed by atoms with van der Waals surface area (Å²) in [5.41, 5.74) is 4.97. The summed E-state index contributed by atoms with van der Waals surface area (Å²) in [6, 6.07) is 0. The third-order valence-corrected chi connectivity index (χ3v) is 5.06. The first-order valence-corrected chi connectivity index (χ1v) is 11.5. The first-order valence-electron chi connectivity index (χ1n) is 11.5. The Morgan fingerprint density at radius 3 is 1.62 bits per heavy atom. The predicted octanol–water partition coefficient (Wildman–Crippen LogP) is 1.12. The van der Waals surface area contributed by atoms with Crippen LogP contribution < -0.4 is 11.1 Å². The lowest BCUT2D eigenvalue weighted by Gasteiger charge is -2.12. The Morgan fingerprint density at radius 2 is 1.21 bits per heavy atom. The van der Waals surface area contributed by atoms with Crippen molar-refractivity contribution in [1.29, 1.82) is 0 Å². The van der Waals surface area contributed by atoms with Crippen LogP contribution in [0.2, 0.25) is 0 Å². The standard InChI is InChI=1S/C14H20N2O3.C10H14N2O3/c1-2-3-10-15-12(17)7-5-4-6-11-16-13(18)8-9-14(16)19;11-8(13)4-2-1-3-7-12-9(14)5-6-10(12)15/h2,8-9H,1,3-7,10-11H2,(H,15,17);5-6H,1-4,7H2,(H2,11,13). The van der Waals surface area contributed by atoms with Crippen molar-refractivity contribution in [3.63, 3.8) is 0 Å². The van der Waals surface area contributed by atoms with E-state index in [1.807, 2.05) is 0 Å². The first kappa shape index (κ1) is 28.5. The van der Waals surface area contributed by atoms with Crippen LogP contribution in [0.3, 0.4) is 0 Å². The molecule has 6 amide bonds. The summed E-state index contributed by atoms with van der Waals surface area (Å²) < 4.78 is 0. The molecule has 10 nitrogen and oxygen atoms in total. The van der Waals surface area contributed by atoms with Crippen molar-refractivity contribution in [3.8, 4) is 0 Å². The van der Waals surface area contributed by atoms with Crippen molar-refractivity contribution in [2.45, 2.75) is 57.8 Å².